The average Bonchev–Trinajstić information content (AvgIpc) is 2.46. The number of nitrogens with zero attached hydrogens (tertiary/aromatic N) is 2. The van der Waals surface area contributed by atoms with Crippen LogP contribution >= 0.6 is 0 Å². The molecule has 2 aromatic rings. The fourth-order valence-electron chi connectivity index (χ4n) is 1.26. The highest BCUT2D eigenvalue weighted by Gasteiger charge is 2.15. The third-order valence-corrected chi connectivity index (χ3v) is 1.89. The molecule has 0 spiro atoms. The molecule has 72 valence electrons. The van der Waals surface area contributed by atoms with E-state index in [0.717, 1.165) is 0 Å². The van der Waals surface area contributed by atoms with Crippen molar-refractivity contribution in [3.63, 3.8) is 0 Å². The van der Waals surface area contributed by atoms with E-state index in [4.69, 9.17) is 11.5 Å². The molecule has 0 radical (unpaired) electrons. The van der Waals surface area contributed by atoms with Gasteiger partial charge in [-0.1, -0.05) is 0 Å². The van der Waals surface area contributed by atoms with E-state index >= 15 is 0 Å². The quantitative estimate of drug-likeness (QED) is 0.348. The number of nitro groups is 1. The predicted octanol–water partition coefficient (Wildman–Crippen LogP) is 0.636. The van der Waals surface area contributed by atoms with Crippen molar-refractivity contribution in [2.24, 2.45) is 0 Å². The Bertz CT molecular complexity index is 518. The number of hydrogen-bond acceptors (Lipinski definition) is 5. The summed E-state index contributed by atoms with van der Waals surface area (Å²) in [6.45, 7) is 0. The maximum atomic E-state index is 10.5. The molecule has 0 saturated heterocycles. The smallest absolute Gasteiger partial charge is 0.294 e. The van der Waals surface area contributed by atoms with Crippen molar-refractivity contribution in [1.82, 2.24) is 9.97 Å². The van der Waals surface area contributed by atoms with Crippen molar-refractivity contribution in [3.05, 3.63) is 22.2 Å². The topological polar surface area (TPSA) is 124 Å². The summed E-state index contributed by atoms with van der Waals surface area (Å²) in [7, 11) is 0. The van der Waals surface area contributed by atoms with Gasteiger partial charge in [-0.15, -0.1) is 0 Å². The first kappa shape index (κ1) is 8.30. The van der Waals surface area contributed by atoms with E-state index in [2.05, 4.69) is 9.97 Å². The van der Waals surface area contributed by atoms with Crippen LogP contribution in [0.1, 0.15) is 0 Å². The van der Waals surface area contributed by atoms with Gasteiger partial charge in [-0.2, -0.15) is 0 Å². The first-order valence-electron chi connectivity index (χ1n) is 3.77. The maximum Gasteiger partial charge on any atom is 0.294 e. The summed E-state index contributed by atoms with van der Waals surface area (Å²) in [5.74, 6) is 0.187. The number of aromatic amines is 1. The second kappa shape index (κ2) is 2.59. The number of nitrogen functional groups attached to an aromatic ring is 2. The van der Waals surface area contributed by atoms with Gasteiger partial charge in [0.05, 0.1) is 10.4 Å². The lowest BCUT2D eigenvalue weighted by Gasteiger charge is -1.96. The number of nitrogens with one attached hydrogen (secondary N) is 1. The van der Waals surface area contributed by atoms with Crippen LogP contribution < -0.4 is 11.5 Å². The first-order valence-corrected chi connectivity index (χ1v) is 3.77. The van der Waals surface area contributed by atoms with Crippen molar-refractivity contribution in [1.29, 1.82) is 0 Å². The fourth-order valence-corrected chi connectivity index (χ4v) is 1.26. The standard InChI is InChI=1S/C7H7N5O2/c8-5-4(12(13)14)2-1-3-6(5)11-7(9)10-3/h1-2H,8H2,(H3,9,10,11). The number of rotatable bonds is 1. The lowest BCUT2D eigenvalue weighted by atomic mass is 10.2. The molecule has 2 rings (SSSR count). The van der Waals surface area contributed by atoms with Crippen LogP contribution in [0.15, 0.2) is 12.1 Å². The number of nitro benzene ring substituents is 1. The number of hydrogen-bond donors (Lipinski definition) is 3. The summed E-state index contributed by atoms with van der Waals surface area (Å²) in [5.41, 5.74) is 11.7. The van der Waals surface area contributed by atoms with Gasteiger partial charge < -0.3 is 16.5 Å². The zero-order valence-corrected chi connectivity index (χ0v) is 7.02. The molecule has 1 heterocycles. The van der Waals surface area contributed by atoms with Gasteiger partial charge in [0.15, 0.2) is 5.95 Å². The molecule has 1 aromatic heterocycles. The number of nitrogens with two attached hydrogens (primary N) is 2. The van der Waals surface area contributed by atoms with Gasteiger partial charge >= 0.3 is 0 Å². The molecule has 14 heavy (non-hydrogen) atoms. The Labute approximate surface area is 77.9 Å². The molecule has 0 aliphatic heterocycles. The molecule has 0 aliphatic carbocycles. The predicted molar refractivity (Wildman–Crippen MR) is 51.6 cm³/mol. The SMILES string of the molecule is Nc1nc2c(N)c([N+](=O)[O-])ccc2[nH]1. The van der Waals surface area contributed by atoms with Gasteiger partial charge in [0.25, 0.3) is 5.69 Å². The number of anilines is 2. The lowest BCUT2D eigenvalue weighted by Crippen LogP contribution is -1.96. The average molecular weight is 193 g/mol. The zero-order valence-electron chi connectivity index (χ0n) is 7.02. The largest absolute Gasteiger partial charge is 0.391 e. The van der Waals surface area contributed by atoms with Crippen LogP contribution in [0.3, 0.4) is 0 Å². The van der Waals surface area contributed by atoms with E-state index in [0.29, 0.717) is 11.0 Å². The molecule has 0 saturated carbocycles. The number of fused-ring (bicyclic) bond motifs is 1. The van der Waals surface area contributed by atoms with Crippen LogP contribution in [0.2, 0.25) is 0 Å². The molecule has 5 N–H and O–H groups in total. The van der Waals surface area contributed by atoms with Gasteiger partial charge in [-0.05, 0) is 6.07 Å². The number of H-pyrrole nitrogens is 1. The molecule has 0 atom stereocenters. The summed E-state index contributed by atoms with van der Waals surface area (Å²) < 4.78 is 0. The molecule has 0 aliphatic rings. The van der Waals surface area contributed by atoms with E-state index in [-0.39, 0.29) is 17.3 Å². The summed E-state index contributed by atoms with van der Waals surface area (Å²) in [4.78, 5) is 16.6. The van der Waals surface area contributed by atoms with Crippen molar-refractivity contribution < 1.29 is 4.92 Å². The maximum absolute atomic E-state index is 10.5. The summed E-state index contributed by atoms with van der Waals surface area (Å²) in [5, 5.41) is 10.5. The Kier molecular flexibility index (Phi) is 1.53. The minimum absolute atomic E-state index is 0.0282. The van der Waals surface area contributed by atoms with Crippen molar-refractivity contribution >= 4 is 28.4 Å². The third-order valence-electron chi connectivity index (χ3n) is 1.89. The van der Waals surface area contributed by atoms with Crippen LogP contribution in [0.5, 0.6) is 0 Å². The molecule has 0 bridgehead atoms. The van der Waals surface area contributed by atoms with E-state index < -0.39 is 4.92 Å². The number of imidazole rings is 1. The molecular weight excluding hydrogens is 186 g/mol. The monoisotopic (exact) mass is 193 g/mol. The zero-order chi connectivity index (χ0) is 10.3. The Morgan fingerprint density at radius 1 is 1.43 bits per heavy atom. The molecule has 0 unspecified atom stereocenters. The third kappa shape index (κ3) is 1.03. The highest BCUT2D eigenvalue weighted by molar-refractivity contribution is 5.93. The van der Waals surface area contributed by atoms with Crippen LogP contribution in [-0.4, -0.2) is 14.9 Å². The van der Waals surface area contributed by atoms with Crippen molar-refractivity contribution in [2.75, 3.05) is 11.5 Å². The summed E-state index contributed by atoms with van der Waals surface area (Å²) >= 11 is 0. The first-order chi connectivity index (χ1) is 6.59. The van der Waals surface area contributed by atoms with E-state index in [1.807, 2.05) is 0 Å². The van der Waals surface area contributed by atoms with Gasteiger partial charge in [0, 0.05) is 6.07 Å². The normalized spacial score (nSPS) is 10.6. The van der Waals surface area contributed by atoms with Gasteiger partial charge in [0.1, 0.15) is 11.2 Å². The van der Waals surface area contributed by atoms with E-state index in [1.54, 1.807) is 0 Å². The Hall–Kier alpha value is -2.31. The minimum Gasteiger partial charge on any atom is -0.391 e. The molecule has 7 heteroatoms. The van der Waals surface area contributed by atoms with Gasteiger partial charge in [-0.3, -0.25) is 10.1 Å². The Balaban J connectivity index is 2.80. The molecule has 0 amide bonds. The second-order valence-corrected chi connectivity index (χ2v) is 2.77. The molecule has 0 fully saturated rings. The van der Waals surface area contributed by atoms with Gasteiger partial charge in [0.2, 0.25) is 0 Å². The minimum atomic E-state index is -0.556. The van der Waals surface area contributed by atoms with E-state index in [1.165, 1.54) is 12.1 Å². The Morgan fingerprint density at radius 2 is 2.14 bits per heavy atom. The number of benzene rings is 1. The lowest BCUT2D eigenvalue weighted by molar-refractivity contribution is -0.383. The van der Waals surface area contributed by atoms with E-state index in [9.17, 15) is 10.1 Å². The summed E-state index contributed by atoms with van der Waals surface area (Å²) in [6, 6.07) is 2.84. The van der Waals surface area contributed by atoms with Crippen LogP contribution in [0, 0.1) is 10.1 Å². The van der Waals surface area contributed by atoms with Crippen molar-refractivity contribution in [2.45, 2.75) is 0 Å². The highest BCUT2D eigenvalue weighted by Crippen LogP contribution is 2.28. The highest BCUT2D eigenvalue weighted by atomic mass is 16.6. The van der Waals surface area contributed by atoms with Crippen LogP contribution in [-0.2, 0) is 0 Å². The second-order valence-electron chi connectivity index (χ2n) is 2.77. The number of aromatic nitrogens is 2. The van der Waals surface area contributed by atoms with Crippen molar-refractivity contribution in [3.8, 4) is 0 Å². The fraction of sp³-hybridized carbons (Fsp3) is 0. The Morgan fingerprint density at radius 3 is 2.79 bits per heavy atom. The molecular formula is C7H7N5O2. The van der Waals surface area contributed by atoms with Crippen LogP contribution in [0.4, 0.5) is 17.3 Å². The molecule has 7 nitrogen and oxygen atoms in total. The van der Waals surface area contributed by atoms with Crippen LogP contribution in [0.25, 0.3) is 11.0 Å². The summed E-state index contributed by atoms with van der Waals surface area (Å²) in [6.07, 6.45) is 0. The van der Waals surface area contributed by atoms with Gasteiger partial charge in [-0.25, -0.2) is 4.98 Å². The molecule has 1 aromatic carbocycles.